The summed E-state index contributed by atoms with van der Waals surface area (Å²) < 4.78 is 0. The lowest BCUT2D eigenvalue weighted by molar-refractivity contribution is 0.852. The van der Waals surface area contributed by atoms with E-state index in [9.17, 15) is 0 Å². The van der Waals surface area contributed by atoms with Crippen molar-refractivity contribution in [2.45, 2.75) is 19.5 Å². The van der Waals surface area contributed by atoms with Crippen LogP contribution in [0.25, 0.3) is 0 Å². The Hall–Kier alpha value is -2.65. The molecule has 23 heavy (non-hydrogen) atoms. The first-order chi connectivity index (χ1) is 11.2. The van der Waals surface area contributed by atoms with Crippen LogP contribution in [-0.2, 0) is 6.54 Å². The first-order valence-corrected chi connectivity index (χ1v) is 7.79. The van der Waals surface area contributed by atoms with Crippen molar-refractivity contribution < 1.29 is 0 Å². The third kappa shape index (κ3) is 3.76. The molecule has 0 bridgehead atoms. The molecule has 1 aromatic heterocycles. The maximum Gasteiger partial charge on any atom is 0.126 e. The molecule has 1 unspecified atom stereocenters. The van der Waals surface area contributed by atoms with Crippen molar-refractivity contribution in [2.24, 2.45) is 5.73 Å². The molecule has 3 rings (SSSR count). The summed E-state index contributed by atoms with van der Waals surface area (Å²) in [5, 5.41) is 3.36. The van der Waals surface area contributed by atoms with E-state index in [1.165, 1.54) is 5.56 Å². The molecule has 0 amide bonds. The van der Waals surface area contributed by atoms with Gasteiger partial charge in [-0.2, -0.15) is 0 Å². The fourth-order valence-corrected chi connectivity index (χ4v) is 2.62. The van der Waals surface area contributed by atoms with Gasteiger partial charge in [0.1, 0.15) is 5.82 Å². The predicted octanol–water partition coefficient (Wildman–Crippen LogP) is 4.05. The molecule has 0 saturated heterocycles. The summed E-state index contributed by atoms with van der Waals surface area (Å²) in [7, 11) is 0. The molecule has 0 spiro atoms. The Morgan fingerprint density at radius 2 is 1.65 bits per heavy atom. The second kappa shape index (κ2) is 7.07. The van der Waals surface area contributed by atoms with Gasteiger partial charge in [0.05, 0.1) is 6.04 Å². The summed E-state index contributed by atoms with van der Waals surface area (Å²) in [6.45, 7) is 2.84. The van der Waals surface area contributed by atoms with Crippen LogP contribution in [0.15, 0.2) is 72.9 Å². The Morgan fingerprint density at radius 3 is 2.30 bits per heavy atom. The lowest BCUT2D eigenvalue weighted by atomic mass is 9.97. The first kappa shape index (κ1) is 15.3. The van der Waals surface area contributed by atoms with E-state index in [0.717, 1.165) is 29.1 Å². The molecular weight excluding hydrogens is 282 g/mol. The van der Waals surface area contributed by atoms with Crippen LogP contribution in [0, 0.1) is 6.92 Å². The van der Waals surface area contributed by atoms with Crippen LogP contribution in [0.3, 0.4) is 0 Å². The number of hydrogen-bond acceptors (Lipinski definition) is 3. The summed E-state index contributed by atoms with van der Waals surface area (Å²) in [4.78, 5) is 4.51. The standard InChI is InChI=1S/C20H21N3/c1-15-12-19(22-13-16-8-4-2-5-9-16)23-14-18(15)20(21)17-10-6-3-7-11-17/h2-12,14,20H,13,21H2,1H3,(H,22,23). The van der Waals surface area contributed by atoms with Crippen molar-refractivity contribution in [3.63, 3.8) is 0 Å². The number of pyridine rings is 1. The van der Waals surface area contributed by atoms with Crippen LogP contribution in [0.1, 0.15) is 28.3 Å². The molecule has 0 aliphatic heterocycles. The van der Waals surface area contributed by atoms with Crippen molar-refractivity contribution >= 4 is 5.82 Å². The second-order valence-electron chi connectivity index (χ2n) is 5.65. The Morgan fingerprint density at radius 1 is 1.00 bits per heavy atom. The lowest BCUT2D eigenvalue weighted by Gasteiger charge is -2.16. The van der Waals surface area contributed by atoms with Crippen LogP contribution < -0.4 is 11.1 Å². The topological polar surface area (TPSA) is 50.9 Å². The molecule has 116 valence electrons. The largest absolute Gasteiger partial charge is 0.366 e. The Labute approximate surface area is 137 Å². The molecule has 0 aliphatic carbocycles. The van der Waals surface area contributed by atoms with Crippen LogP contribution in [0.5, 0.6) is 0 Å². The minimum absolute atomic E-state index is 0.146. The number of nitrogens with one attached hydrogen (secondary N) is 1. The van der Waals surface area contributed by atoms with Gasteiger partial charge in [0.15, 0.2) is 0 Å². The second-order valence-corrected chi connectivity index (χ2v) is 5.65. The molecule has 3 nitrogen and oxygen atoms in total. The molecule has 0 radical (unpaired) electrons. The van der Waals surface area contributed by atoms with Gasteiger partial charge in [-0.1, -0.05) is 60.7 Å². The van der Waals surface area contributed by atoms with Crippen molar-refractivity contribution in [2.75, 3.05) is 5.32 Å². The Kier molecular flexibility index (Phi) is 4.69. The molecule has 0 aliphatic rings. The molecule has 3 aromatic rings. The fourth-order valence-electron chi connectivity index (χ4n) is 2.62. The highest BCUT2D eigenvalue weighted by atomic mass is 15.0. The number of nitrogens with two attached hydrogens (primary N) is 1. The molecule has 0 saturated carbocycles. The van der Waals surface area contributed by atoms with Gasteiger partial charge in [-0.3, -0.25) is 0 Å². The highest BCUT2D eigenvalue weighted by Gasteiger charge is 2.12. The van der Waals surface area contributed by atoms with Gasteiger partial charge in [0, 0.05) is 12.7 Å². The lowest BCUT2D eigenvalue weighted by Crippen LogP contribution is -2.14. The predicted molar refractivity (Wildman–Crippen MR) is 95.2 cm³/mol. The number of anilines is 1. The summed E-state index contributed by atoms with van der Waals surface area (Å²) in [5.41, 5.74) is 10.9. The number of aryl methyl sites for hydroxylation is 1. The smallest absolute Gasteiger partial charge is 0.126 e. The summed E-state index contributed by atoms with van der Waals surface area (Å²) >= 11 is 0. The molecule has 3 N–H and O–H groups in total. The third-order valence-corrected chi connectivity index (χ3v) is 3.96. The van der Waals surface area contributed by atoms with Crippen LogP contribution in [0.4, 0.5) is 5.82 Å². The van der Waals surface area contributed by atoms with E-state index >= 15 is 0 Å². The van der Waals surface area contributed by atoms with Gasteiger partial charge in [-0.25, -0.2) is 4.98 Å². The van der Waals surface area contributed by atoms with Gasteiger partial charge < -0.3 is 11.1 Å². The molecular formula is C20H21N3. The monoisotopic (exact) mass is 303 g/mol. The van der Waals surface area contributed by atoms with Gasteiger partial charge >= 0.3 is 0 Å². The normalized spacial score (nSPS) is 11.9. The minimum atomic E-state index is -0.146. The number of aromatic nitrogens is 1. The quantitative estimate of drug-likeness (QED) is 0.747. The average molecular weight is 303 g/mol. The SMILES string of the molecule is Cc1cc(NCc2ccccc2)ncc1C(N)c1ccccc1. The molecule has 1 heterocycles. The number of benzene rings is 2. The van der Waals surface area contributed by atoms with E-state index in [2.05, 4.69) is 35.4 Å². The maximum atomic E-state index is 6.37. The van der Waals surface area contributed by atoms with E-state index in [1.807, 2.05) is 54.7 Å². The Bertz CT molecular complexity index is 754. The fraction of sp³-hybridized carbons (Fsp3) is 0.150. The maximum absolute atomic E-state index is 6.37. The van der Waals surface area contributed by atoms with E-state index in [-0.39, 0.29) is 6.04 Å². The van der Waals surface area contributed by atoms with E-state index in [1.54, 1.807) is 0 Å². The highest BCUT2D eigenvalue weighted by Crippen LogP contribution is 2.23. The van der Waals surface area contributed by atoms with Gasteiger partial charge in [-0.15, -0.1) is 0 Å². The molecule has 3 heteroatoms. The van der Waals surface area contributed by atoms with E-state index in [0.29, 0.717) is 0 Å². The minimum Gasteiger partial charge on any atom is -0.366 e. The van der Waals surface area contributed by atoms with Gasteiger partial charge in [-0.05, 0) is 35.2 Å². The van der Waals surface area contributed by atoms with Crippen molar-refractivity contribution in [3.8, 4) is 0 Å². The van der Waals surface area contributed by atoms with Crippen molar-refractivity contribution in [1.82, 2.24) is 4.98 Å². The van der Waals surface area contributed by atoms with Crippen LogP contribution >= 0.6 is 0 Å². The number of hydrogen-bond donors (Lipinski definition) is 2. The number of nitrogens with zero attached hydrogens (tertiary/aromatic N) is 1. The zero-order chi connectivity index (χ0) is 16.1. The van der Waals surface area contributed by atoms with Crippen LogP contribution in [-0.4, -0.2) is 4.98 Å². The van der Waals surface area contributed by atoms with E-state index < -0.39 is 0 Å². The average Bonchev–Trinajstić information content (AvgIpc) is 2.61. The summed E-state index contributed by atoms with van der Waals surface area (Å²) in [6.07, 6.45) is 1.88. The zero-order valence-electron chi connectivity index (χ0n) is 13.2. The van der Waals surface area contributed by atoms with Crippen molar-refractivity contribution in [3.05, 3.63) is 95.2 Å². The van der Waals surface area contributed by atoms with Crippen molar-refractivity contribution in [1.29, 1.82) is 0 Å². The molecule has 1 atom stereocenters. The van der Waals surface area contributed by atoms with Crippen LogP contribution in [0.2, 0.25) is 0 Å². The highest BCUT2D eigenvalue weighted by molar-refractivity contribution is 5.44. The third-order valence-electron chi connectivity index (χ3n) is 3.96. The van der Waals surface area contributed by atoms with Gasteiger partial charge in [0.2, 0.25) is 0 Å². The van der Waals surface area contributed by atoms with E-state index in [4.69, 9.17) is 5.73 Å². The first-order valence-electron chi connectivity index (χ1n) is 7.79. The zero-order valence-corrected chi connectivity index (χ0v) is 13.2. The number of rotatable bonds is 5. The summed E-state index contributed by atoms with van der Waals surface area (Å²) in [5.74, 6) is 0.871. The summed E-state index contributed by atoms with van der Waals surface area (Å²) in [6, 6.07) is 22.3. The molecule has 0 fully saturated rings. The Balaban J connectivity index is 1.73. The molecule has 2 aromatic carbocycles. The van der Waals surface area contributed by atoms with Gasteiger partial charge in [0.25, 0.3) is 0 Å².